The first kappa shape index (κ1) is 15.1. The van der Waals surface area contributed by atoms with E-state index in [9.17, 15) is 0 Å². The summed E-state index contributed by atoms with van der Waals surface area (Å²) < 4.78 is 1.90. The molecule has 7 heteroatoms. The summed E-state index contributed by atoms with van der Waals surface area (Å²) in [4.78, 5) is 4.34. The fraction of sp³-hybridized carbons (Fsp3) is 0.615. The van der Waals surface area contributed by atoms with Crippen LogP contribution in [0.5, 0.6) is 0 Å². The van der Waals surface area contributed by atoms with Crippen LogP contribution in [0.2, 0.25) is 0 Å². The third-order valence-corrected chi connectivity index (χ3v) is 3.98. The molecule has 0 saturated heterocycles. The Morgan fingerprint density at radius 3 is 2.70 bits per heavy atom. The lowest BCUT2D eigenvalue weighted by molar-refractivity contribution is 0.548. The molecule has 2 N–H and O–H groups in total. The molecule has 0 amide bonds. The van der Waals surface area contributed by atoms with Crippen LogP contribution in [-0.4, -0.2) is 31.5 Å². The highest BCUT2D eigenvalue weighted by atomic mass is 32.2. The molecule has 0 unspecified atom stereocenters. The first-order valence-corrected chi connectivity index (χ1v) is 7.59. The Morgan fingerprint density at radius 1 is 1.35 bits per heavy atom. The van der Waals surface area contributed by atoms with Gasteiger partial charge in [-0.1, -0.05) is 13.8 Å². The second kappa shape index (κ2) is 6.41. The van der Waals surface area contributed by atoms with Crippen molar-refractivity contribution < 1.29 is 0 Å². The highest BCUT2D eigenvalue weighted by molar-refractivity contribution is 7.99. The van der Waals surface area contributed by atoms with Crippen LogP contribution in [0.15, 0.2) is 10.2 Å². The van der Waals surface area contributed by atoms with Crippen LogP contribution < -0.4 is 5.32 Å². The summed E-state index contributed by atoms with van der Waals surface area (Å²) in [5.74, 6) is 1.46. The van der Waals surface area contributed by atoms with Crippen molar-refractivity contribution in [3.8, 4) is 0 Å². The maximum atomic E-state index is 4.50. The molecule has 110 valence electrons. The van der Waals surface area contributed by atoms with Crippen LogP contribution in [0.4, 0.5) is 0 Å². The molecule has 20 heavy (non-hydrogen) atoms. The topological polar surface area (TPSA) is 71.4 Å². The highest BCUT2D eigenvalue weighted by Crippen LogP contribution is 2.29. The van der Waals surface area contributed by atoms with Crippen molar-refractivity contribution in [2.24, 2.45) is 13.0 Å². The van der Waals surface area contributed by atoms with Crippen molar-refractivity contribution in [3.05, 3.63) is 17.1 Å². The Hall–Kier alpha value is -1.34. The van der Waals surface area contributed by atoms with Crippen molar-refractivity contribution in [1.82, 2.24) is 30.3 Å². The van der Waals surface area contributed by atoms with Crippen molar-refractivity contribution in [2.75, 3.05) is 6.54 Å². The van der Waals surface area contributed by atoms with Crippen molar-refractivity contribution >= 4 is 11.8 Å². The molecule has 0 aliphatic heterocycles. The number of aromatic nitrogens is 5. The minimum Gasteiger partial charge on any atom is -0.312 e. The van der Waals surface area contributed by atoms with Crippen LogP contribution >= 0.6 is 11.8 Å². The molecule has 2 aromatic rings. The molecule has 6 nitrogen and oxygen atoms in total. The average Bonchev–Trinajstić information content (AvgIpc) is 2.87. The lowest BCUT2D eigenvalue weighted by Gasteiger charge is -2.08. The van der Waals surface area contributed by atoms with Gasteiger partial charge in [0.1, 0.15) is 10.9 Å². The molecule has 0 atom stereocenters. The van der Waals surface area contributed by atoms with Crippen molar-refractivity contribution in [1.29, 1.82) is 0 Å². The largest absolute Gasteiger partial charge is 0.312 e. The zero-order valence-corrected chi connectivity index (χ0v) is 13.5. The van der Waals surface area contributed by atoms with E-state index in [2.05, 4.69) is 39.4 Å². The lowest BCUT2D eigenvalue weighted by Crippen LogP contribution is -2.19. The predicted molar refractivity (Wildman–Crippen MR) is 79.7 cm³/mol. The van der Waals surface area contributed by atoms with Crippen LogP contribution in [0.3, 0.4) is 0 Å². The standard InChI is InChI=1S/C13H22N6S/c1-8(2)6-14-7-11-9(3)18-19(5)12(11)20-13-15-10(4)16-17-13/h8,14H,6-7H2,1-5H3,(H,15,16,17). The molecule has 2 heterocycles. The molecule has 0 fully saturated rings. The number of aryl methyl sites for hydroxylation is 3. The van der Waals surface area contributed by atoms with Crippen LogP contribution in [0, 0.1) is 19.8 Å². The van der Waals surface area contributed by atoms with Gasteiger partial charge >= 0.3 is 0 Å². The Balaban J connectivity index is 2.14. The number of nitrogens with one attached hydrogen (secondary N) is 2. The van der Waals surface area contributed by atoms with Gasteiger partial charge in [-0.15, -0.1) is 5.10 Å². The normalized spacial score (nSPS) is 11.5. The Morgan fingerprint density at radius 2 is 2.10 bits per heavy atom. The lowest BCUT2D eigenvalue weighted by atomic mass is 10.2. The molecule has 0 radical (unpaired) electrons. The quantitative estimate of drug-likeness (QED) is 0.853. The molecular weight excluding hydrogens is 272 g/mol. The van der Waals surface area contributed by atoms with E-state index < -0.39 is 0 Å². The summed E-state index contributed by atoms with van der Waals surface area (Å²) in [6.45, 7) is 10.2. The maximum Gasteiger partial charge on any atom is 0.214 e. The molecule has 2 aromatic heterocycles. The smallest absolute Gasteiger partial charge is 0.214 e. The van der Waals surface area contributed by atoms with E-state index in [1.54, 1.807) is 11.8 Å². The van der Waals surface area contributed by atoms with E-state index in [0.717, 1.165) is 34.8 Å². The molecule has 2 rings (SSSR count). The predicted octanol–water partition coefficient (Wildman–Crippen LogP) is 2.05. The van der Waals surface area contributed by atoms with Gasteiger partial charge in [0.15, 0.2) is 0 Å². The number of aromatic amines is 1. The number of nitrogens with zero attached hydrogens (tertiary/aromatic N) is 4. The molecular formula is C13H22N6S. The van der Waals surface area contributed by atoms with Crippen LogP contribution in [-0.2, 0) is 13.6 Å². The summed E-state index contributed by atoms with van der Waals surface area (Å²) in [6.07, 6.45) is 0. The minimum absolute atomic E-state index is 0.638. The van der Waals surface area contributed by atoms with Gasteiger partial charge in [-0.05, 0) is 38.1 Å². The fourth-order valence-corrected chi connectivity index (χ4v) is 2.91. The van der Waals surface area contributed by atoms with E-state index >= 15 is 0 Å². The van der Waals surface area contributed by atoms with Gasteiger partial charge in [0, 0.05) is 19.2 Å². The molecule has 0 aliphatic carbocycles. The summed E-state index contributed by atoms with van der Waals surface area (Å²) in [7, 11) is 1.96. The van der Waals surface area contributed by atoms with Crippen molar-refractivity contribution in [3.63, 3.8) is 0 Å². The zero-order chi connectivity index (χ0) is 14.7. The monoisotopic (exact) mass is 294 g/mol. The first-order chi connectivity index (χ1) is 9.47. The fourth-order valence-electron chi connectivity index (χ4n) is 1.95. The Bertz CT molecular complexity index is 571. The molecule has 0 aromatic carbocycles. The summed E-state index contributed by atoms with van der Waals surface area (Å²) in [6, 6.07) is 0. The molecule has 0 saturated carbocycles. The van der Waals surface area contributed by atoms with E-state index in [1.165, 1.54) is 5.56 Å². The van der Waals surface area contributed by atoms with Crippen LogP contribution in [0.25, 0.3) is 0 Å². The van der Waals surface area contributed by atoms with Gasteiger partial charge in [-0.3, -0.25) is 9.78 Å². The summed E-state index contributed by atoms with van der Waals surface area (Å²) in [5, 5.41) is 16.8. The number of hydrogen-bond donors (Lipinski definition) is 2. The maximum absolute atomic E-state index is 4.50. The summed E-state index contributed by atoms with van der Waals surface area (Å²) >= 11 is 1.55. The zero-order valence-electron chi connectivity index (χ0n) is 12.7. The van der Waals surface area contributed by atoms with Crippen molar-refractivity contribution in [2.45, 2.75) is 44.4 Å². The Labute approximate surface area is 123 Å². The molecule has 0 bridgehead atoms. The van der Waals surface area contributed by atoms with E-state index in [0.29, 0.717) is 5.92 Å². The second-order valence-corrected chi connectivity index (χ2v) is 6.28. The van der Waals surface area contributed by atoms with E-state index in [4.69, 9.17) is 0 Å². The summed E-state index contributed by atoms with van der Waals surface area (Å²) in [5.41, 5.74) is 2.28. The molecule has 0 spiro atoms. The van der Waals surface area contributed by atoms with E-state index in [1.807, 2.05) is 25.6 Å². The third kappa shape index (κ3) is 3.61. The number of H-pyrrole nitrogens is 1. The second-order valence-electron chi connectivity index (χ2n) is 5.32. The number of rotatable bonds is 6. The van der Waals surface area contributed by atoms with Gasteiger partial charge in [0.05, 0.1) is 5.69 Å². The van der Waals surface area contributed by atoms with Gasteiger partial charge in [0.25, 0.3) is 0 Å². The van der Waals surface area contributed by atoms with Gasteiger partial charge in [-0.2, -0.15) is 5.10 Å². The highest BCUT2D eigenvalue weighted by Gasteiger charge is 2.16. The van der Waals surface area contributed by atoms with Crippen LogP contribution in [0.1, 0.15) is 30.9 Å². The molecule has 0 aliphatic rings. The third-order valence-electron chi connectivity index (χ3n) is 2.91. The average molecular weight is 294 g/mol. The van der Waals surface area contributed by atoms with Gasteiger partial charge in [0.2, 0.25) is 5.16 Å². The number of hydrogen-bond acceptors (Lipinski definition) is 5. The van der Waals surface area contributed by atoms with Gasteiger partial charge in [-0.25, -0.2) is 4.98 Å². The van der Waals surface area contributed by atoms with Gasteiger partial charge < -0.3 is 5.32 Å². The Kier molecular flexibility index (Phi) is 4.82. The minimum atomic E-state index is 0.638. The SMILES string of the molecule is Cc1nc(Sc2c(CNCC(C)C)c(C)nn2C)n[nH]1. The first-order valence-electron chi connectivity index (χ1n) is 6.77. The van der Waals surface area contributed by atoms with E-state index in [-0.39, 0.29) is 0 Å².